The molecule has 11 nitrogen and oxygen atoms in total. The summed E-state index contributed by atoms with van der Waals surface area (Å²) in [5.41, 5.74) is 0.258. The number of benzene rings is 1. The molecule has 0 spiro atoms. The standard InChI is InChI=1S/C28H38N6O5/c1-28(2,3)39-27(38)33-10-8-19(9-11-33)18-31-12-14-32(15-13-31)21-4-5-22-20(16-21)17-29-34(26(22)37)23-6-7-24(35)30-25(23)36/h4-5,16-17,19,23H,6-15,18H2,1-3H3,(H,30,35,36). The number of likely N-dealkylation sites (tertiary alicyclic amines) is 1. The van der Waals surface area contributed by atoms with Crippen molar-refractivity contribution in [1.82, 2.24) is 24.9 Å². The van der Waals surface area contributed by atoms with Crippen molar-refractivity contribution in [3.8, 4) is 0 Å². The van der Waals surface area contributed by atoms with Crippen LogP contribution < -0.4 is 15.8 Å². The Hall–Kier alpha value is -3.47. The van der Waals surface area contributed by atoms with Crippen molar-refractivity contribution < 1.29 is 19.1 Å². The minimum atomic E-state index is -0.767. The van der Waals surface area contributed by atoms with E-state index in [0.717, 1.165) is 69.7 Å². The minimum Gasteiger partial charge on any atom is -0.444 e. The van der Waals surface area contributed by atoms with Crippen molar-refractivity contribution in [2.45, 2.75) is 58.1 Å². The molecule has 4 heterocycles. The summed E-state index contributed by atoms with van der Waals surface area (Å²) >= 11 is 0. The van der Waals surface area contributed by atoms with E-state index < -0.39 is 17.6 Å². The molecular weight excluding hydrogens is 500 g/mol. The van der Waals surface area contributed by atoms with Gasteiger partial charge >= 0.3 is 6.09 Å². The first kappa shape index (κ1) is 27.1. The number of ether oxygens (including phenoxy) is 1. The predicted octanol–water partition coefficient (Wildman–Crippen LogP) is 2.14. The summed E-state index contributed by atoms with van der Waals surface area (Å²) in [6, 6.07) is 4.99. The first-order chi connectivity index (χ1) is 18.6. The zero-order valence-electron chi connectivity index (χ0n) is 23.0. The highest BCUT2D eigenvalue weighted by molar-refractivity contribution is 5.99. The van der Waals surface area contributed by atoms with Crippen LogP contribution in [0.25, 0.3) is 10.8 Å². The third kappa shape index (κ3) is 6.24. The highest BCUT2D eigenvalue weighted by Crippen LogP contribution is 2.25. The van der Waals surface area contributed by atoms with E-state index in [0.29, 0.717) is 11.3 Å². The van der Waals surface area contributed by atoms with Crippen LogP contribution in [0.2, 0.25) is 0 Å². The largest absolute Gasteiger partial charge is 0.444 e. The first-order valence-electron chi connectivity index (χ1n) is 13.9. The van der Waals surface area contributed by atoms with E-state index in [9.17, 15) is 19.2 Å². The molecule has 0 aliphatic carbocycles. The number of amides is 3. The van der Waals surface area contributed by atoms with Gasteiger partial charge < -0.3 is 14.5 Å². The lowest BCUT2D eigenvalue weighted by molar-refractivity contribution is -0.136. The molecule has 39 heavy (non-hydrogen) atoms. The van der Waals surface area contributed by atoms with Crippen molar-refractivity contribution in [2.24, 2.45) is 5.92 Å². The van der Waals surface area contributed by atoms with Gasteiger partial charge in [0, 0.05) is 63.3 Å². The molecule has 0 saturated carbocycles. The number of imide groups is 1. The van der Waals surface area contributed by atoms with Crippen molar-refractivity contribution >= 4 is 34.4 Å². The number of nitrogens with zero attached hydrogens (tertiary/aromatic N) is 5. The molecule has 3 aliphatic rings. The Labute approximate surface area is 228 Å². The van der Waals surface area contributed by atoms with Gasteiger partial charge in [0.05, 0.1) is 11.6 Å². The number of hydrogen-bond donors (Lipinski definition) is 1. The fraction of sp³-hybridized carbons (Fsp3) is 0.607. The molecule has 5 rings (SSSR count). The van der Waals surface area contributed by atoms with Crippen molar-refractivity contribution in [3.05, 3.63) is 34.7 Å². The van der Waals surface area contributed by atoms with Crippen molar-refractivity contribution in [1.29, 1.82) is 0 Å². The summed E-state index contributed by atoms with van der Waals surface area (Å²) in [5, 5.41) is 7.81. The van der Waals surface area contributed by atoms with Gasteiger partial charge in [0.1, 0.15) is 11.6 Å². The third-order valence-electron chi connectivity index (χ3n) is 7.82. The van der Waals surface area contributed by atoms with E-state index in [2.05, 4.69) is 20.2 Å². The van der Waals surface area contributed by atoms with Crippen LogP contribution in [0.1, 0.15) is 52.5 Å². The number of piperazine rings is 1. The van der Waals surface area contributed by atoms with Crippen LogP contribution in [0.5, 0.6) is 0 Å². The molecule has 2 aromatic rings. The van der Waals surface area contributed by atoms with Gasteiger partial charge in [0.15, 0.2) is 0 Å². The van der Waals surface area contributed by atoms with Crippen LogP contribution in [0.3, 0.4) is 0 Å². The lowest BCUT2D eigenvalue weighted by Gasteiger charge is -2.39. The van der Waals surface area contributed by atoms with Crippen LogP contribution in [-0.4, -0.2) is 88.9 Å². The van der Waals surface area contributed by atoms with Crippen molar-refractivity contribution in [2.75, 3.05) is 50.7 Å². The molecule has 11 heteroatoms. The van der Waals surface area contributed by atoms with E-state index in [1.165, 1.54) is 4.68 Å². The van der Waals surface area contributed by atoms with Gasteiger partial charge in [-0.1, -0.05) is 0 Å². The number of carbonyl (C=O) groups excluding carboxylic acids is 3. The second kappa shape index (κ2) is 11.0. The monoisotopic (exact) mass is 538 g/mol. The number of piperidine rings is 2. The Morgan fingerprint density at radius 3 is 2.41 bits per heavy atom. The lowest BCUT2D eigenvalue weighted by Crippen LogP contribution is -2.49. The summed E-state index contributed by atoms with van der Waals surface area (Å²) in [6.45, 7) is 11.9. The smallest absolute Gasteiger partial charge is 0.410 e. The molecular formula is C28H38N6O5. The molecule has 1 N–H and O–H groups in total. The molecule has 1 atom stereocenters. The number of anilines is 1. The minimum absolute atomic E-state index is 0.193. The second-order valence-corrected chi connectivity index (χ2v) is 11.8. The predicted molar refractivity (Wildman–Crippen MR) is 147 cm³/mol. The Morgan fingerprint density at radius 2 is 1.74 bits per heavy atom. The summed E-state index contributed by atoms with van der Waals surface area (Å²) < 4.78 is 6.71. The second-order valence-electron chi connectivity index (χ2n) is 11.8. The molecule has 3 saturated heterocycles. The zero-order valence-corrected chi connectivity index (χ0v) is 23.0. The van der Waals surface area contributed by atoms with Crippen molar-refractivity contribution in [3.63, 3.8) is 0 Å². The Morgan fingerprint density at radius 1 is 1.03 bits per heavy atom. The maximum absolute atomic E-state index is 13.1. The van der Waals surface area contributed by atoms with Gasteiger partial charge in [-0.3, -0.25) is 24.6 Å². The molecule has 3 amide bonds. The SMILES string of the molecule is CC(C)(C)OC(=O)N1CCC(CN2CCN(c3ccc4c(=O)n(C5CCC(=O)NC5=O)ncc4c3)CC2)CC1. The highest BCUT2D eigenvalue weighted by Gasteiger charge is 2.31. The maximum atomic E-state index is 13.1. The van der Waals surface area contributed by atoms with Crippen LogP contribution in [0.15, 0.2) is 29.2 Å². The van der Waals surface area contributed by atoms with Crippen LogP contribution in [-0.2, 0) is 14.3 Å². The van der Waals surface area contributed by atoms with E-state index in [4.69, 9.17) is 4.74 Å². The third-order valence-corrected chi connectivity index (χ3v) is 7.82. The molecule has 1 aromatic heterocycles. The van der Waals surface area contributed by atoms with Crippen LogP contribution in [0.4, 0.5) is 10.5 Å². The van der Waals surface area contributed by atoms with Gasteiger partial charge in [0.25, 0.3) is 11.5 Å². The number of carbonyl (C=O) groups is 3. The average Bonchev–Trinajstić information content (AvgIpc) is 2.89. The normalized spacial score (nSPS) is 21.8. The molecule has 0 radical (unpaired) electrons. The lowest BCUT2D eigenvalue weighted by atomic mass is 9.96. The van der Waals surface area contributed by atoms with Gasteiger partial charge in [-0.15, -0.1) is 0 Å². The van der Waals surface area contributed by atoms with Gasteiger partial charge in [-0.05, 0) is 64.2 Å². The fourth-order valence-electron chi connectivity index (χ4n) is 5.66. The summed E-state index contributed by atoms with van der Waals surface area (Å²) in [7, 11) is 0. The molecule has 3 aliphatic heterocycles. The first-order valence-corrected chi connectivity index (χ1v) is 13.9. The highest BCUT2D eigenvalue weighted by atomic mass is 16.6. The average molecular weight is 539 g/mol. The van der Waals surface area contributed by atoms with E-state index >= 15 is 0 Å². The number of aromatic nitrogens is 2. The zero-order chi connectivity index (χ0) is 27.7. The topological polar surface area (TPSA) is 117 Å². The number of hydrogen-bond acceptors (Lipinski definition) is 8. The fourth-order valence-corrected chi connectivity index (χ4v) is 5.66. The summed E-state index contributed by atoms with van der Waals surface area (Å²) in [4.78, 5) is 55.8. The molecule has 1 unspecified atom stereocenters. The Kier molecular flexibility index (Phi) is 7.61. The van der Waals surface area contributed by atoms with Gasteiger partial charge in [-0.25, -0.2) is 9.48 Å². The maximum Gasteiger partial charge on any atom is 0.410 e. The van der Waals surface area contributed by atoms with Gasteiger partial charge in [-0.2, -0.15) is 5.10 Å². The number of nitrogens with one attached hydrogen (secondary N) is 1. The van der Waals surface area contributed by atoms with Crippen LogP contribution >= 0.6 is 0 Å². The Bertz CT molecular complexity index is 1300. The number of fused-ring (bicyclic) bond motifs is 1. The van der Waals surface area contributed by atoms with Crippen LogP contribution in [0, 0.1) is 5.92 Å². The van der Waals surface area contributed by atoms with E-state index in [-0.39, 0.29) is 30.4 Å². The van der Waals surface area contributed by atoms with Gasteiger partial charge in [0.2, 0.25) is 5.91 Å². The quantitative estimate of drug-likeness (QED) is 0.589. The number of rotatable bonds is 4. The molecule has 3 fully saturated rings. The Balaban J connectivity index is 1.14. The molecule has 1 aromatic carbocycles. The van der Waals surface area contributed by atoms with E-state index in [1.807, 2.05) is 43.9 Å². The molecule has 210 valence electrons. The van der Waals surface area contributed by atoms with E-state index in [1.54, 1.807) is 6.20 Å². The summed E-state index contributed by atoms with van der Waals surface area (Å²) in [5.74, 6) is -0.227. The molecule has 0 bridgehead atoms. The summed E-state index contributed by atoms with van der Waals surface area (Å²) in [6.07, 6.45) is 3.87.